The van der Waals surface area contributed by atoms with Gasteiger partial charge in [0.25, 0.3) is 0 Å². The molecule has 0 radical (unpaired) electrons. The average Bonchev–Trinajstić information content (AvgIpc) is 2.83. The highest BCUT2D eigenvalue weighted by Gasteiger charge is 2.11. The smallest absolute Gasteiger partial charge is 0.200 e. The molecule has 4 aromatic rings. The van der Waals surface area contributed by atoms with E-state index >= 15 is 0 Å². The van der Waals surface area contributed by atoms with Crippen molar-refractivity contribution >= 4 is 34.5 Å². The quantitative estimate of drug-likeness (QED) is 0.317. The second-order valence-corrected chi connectivity index (χ2v) is 7.69. The van der Waals surface area contributed by atoms with E-state index < -0.39 is 0 Å². The first-order valence-electron chi connectivity index (χ1n) is 10.5. The van der Waals surface area contributed by atoms with Gasteiger partial charge in [0.15, 0.2) is 11.7 Å². The minimum atomic E-state index is 0.225. The van der Waals surface area contributed by atoms with E-state index in [0.717, 1.165) is 16.6 Å². The minimum Gasteiger partial charge on any atom is -0.441 e. The number of para-hydroxylation sites is 1. The number of nitrogens with zero attached hydrogens (tertiary/aromatic N) is 5. The van der Waals surface area contributed by atoms with Gasteiger partial charge in [-0.15, -0.1) is 5.10 Å². The third-order valence-electron chi connectivity index (χ3n) is 4.94. The third-order valence-corrected chi connectivity index (χ3v) is 4.94. The van der Waals surface area contributed by atoms with Crippen LogP contribution in [0.4, 0.5) is 11.6 Å². The summed E-state index contributed by atoms with van der Waals surface area (Å²) in [4.78, 5) is 13.4. The second kappa shape index (κ2) is 9.86. The summed E-state index contributed by atoms with van der Waals surface area (Å²) in [5, 5.41) is 11.5. The predicted molar refractivity (Wildman–Crippen MR) is 132 cm³/mol. The summed E-state index contributed by atoms with van der Waals surface area (Å²) in [6, 6.07) is 17.0. The number of fused-ring (bicyclic) bond motifs is 1. The molecule has 0 aliphatic rings. The number of nitrogens with one attached hydrogen (secondary N) is 1. The molecular formula is C25H25N7O. The van der Waals surface area contributed by atoms with Crippen molar-refractivity contribution in [3.05, 3.63) is 84.0 Å². The number of benzene rings is 1. The first-order chi connectivity index (χ1) is 16.0. The van der Waals surface area contributed by atoms with Crippen LogP contribution < -0.4 is 15.8 Å². The van der Waals surface area contributed by atoms with Crippen LogP contribution in [0.15, 0.2) is 77.9 Å². The van der Waals surface area contributed by atoms with Crippen LogP contribution in [0.25, 0.3) is 16.6 Å². The van der Waals surface area contributed by atoms with Crippen molar-refractivity contribution in [2.24, 2.45) is 10.7 Å². The van der Waals surface area contributed by atoms with E-state index in [2.05, 4.69) is 39.3 Å². The number of aromatic nitrogens is 4. The van der Waals surface area contributed by atoms with Gasteiger partial charge in [-0.25, -0.2) is 4.98 Å². The molecule has 0 fully saturated rings. The Kier molecular flexibility index (Phi) is 6.54. The lowest BCUT2D eigenvalue weighted by atomic mass is 10.1. The van der Waals surface area contributed by atoms with E-state index in [1.165, 1.54) is 0 Å². The number of nitrogens with two attached hydrogens (primary N) is 1. The van der Waals surface area contributed by atoms with Gasteiger partial charge in [0.2, 0.25) is 0 Å². The molecule has 0 spiro atoms. The summed E-state index contributed by atoms with van der Waals surface area (Å²) in [5.74, 6) is 2.49. The average molecular weight is 440 g/mol. The van der Waals surface area contributed by atoms with Crippen LogP contribution >= 0.6 is 0 Å². The molecule has 0 aliphatic carbocycles. The lowest BCUT2D eigenvalue weighted by Gasteiger charge is -2.11. The number of pyridine rings is 2. The molecular weight excluding hydrogens is 414 g/mol. The van der Waals surface area contributed by atoms with Gasteiger partial charge in [-0.3, -0.25) is 9.98 Å². The van der Waals surface area contributed by atoms with E-state index in [4.69, 9.17) is 15.5 Å². The van der Waals surface area contributed by atoms with Crippen LogP contribution in [0, 0.1) is 0 Å². The van der Waals surface area contributed by atoms with Crippen LogP contribution in [-0.2, 0) is 0 Å². The number of hydrogen-bond donors (Lipinski definition) is 2. The number of rotatable bonds is 7. The maximum Gasteiger partial charge on any atom is 0.200 e. The van der Waals surface area contributed by atoms with Crippen molar-refractivity contribution in [3.8, 4) is 5.75 Å². The first-order valence-corrected chi connectivity index (χ1v) is 10.5. The molecule has 0 unspecified atom stereocenters. The topological polar surface area (TPSA) is 111 Å². The zero-order valence-electron chi connectivity index (χ0n) is 18.7. The largest absolute Gasteiger partial charge is 0.441 e. The first kappa shape index (κ1) is 21.9. The summed E-state index contributed by atoms with van der Waals surface area (Å²) >= 11 is 0. The van der Waals surface area contributed by atoms with Crippen molar-refractivity contribution < 1.29 is 4.74 Å². The van der Waals surface area contributed by atoms with E-state index in [0.29, 0.717) is 34.4 Å². The summed E-state index contributed by atoms with van der Waals surface area (Å²) in [7, 11) is 1.68. The molecule has 33 heavy (non-hydrogen) atoms. The highest BCUT2D eigenvalue weighted by atomic mass is 16.5. The molecule has 0 aliphatic heterocycles. The fourth-order valence-electron chi connectivity index (χ4n) is 3.19. The van der Waals surface area contributed by atoms with Gasteiger partial charge in [-0.05, 0) is 47.9 Å². The lowest BCUT2D eigenvalue weighted by Crippen LogP contribution is -2.10. The number of hydrogen-bond acceptors (Lipinski definition) is 8. The Labute approximate surface area is 192 Å². The van der Waals surface area contributed by atoms with Crippen molar-refractivity contribution in [1.29, 1.82) is 0 Å². The van der Waals surface area contributed by atoms with E-state index in [-0.39, 0.29) is 5.88 Å². The van der Waals surface area contributed by atoms with Gasteiger partial charge in [0, 0.05) is 25.0 Å². The van der Waals surface area contributed by atoms with Gasteiger partial charge in [-0.1, -0.05) is 32.0 Å². The van der Waals surface area contributed by atoms with Crippen molar-refractivity contribution in [1.82, 2.24) is 20.2 Å². The van der Waals surface area contributed by atoms with Gasteiger partial charge >= 0.3 is 0 Å². The van der Waals surface area contributed by atoms with E-state index in [1.807, 2.05) is 54.6 Å². The lowest BCUT2D eigenvalue weighted by molar-refractivity contribution is 0.423. The highest BCUT2D eigenvalue weighted by Crippen LogP contribution is 2.23. The van der Waals surface area contributed by atoms with Crippen LogP contribution in [-0.4, -0.2) is 33.4 Å². The molecule has 8 heteroatoms. The summed E-state index contributed by atoms with van der Waals surface area (Å²) in [6.45, 7) is 4.22. The minimum absolute atomic E-state index is 0.225. The predicted octanol–water partition coefficient (Wildman–Crippen LogP) is 4.69. The second-order valence-electron chi connectivity index (χ2n) is 7.69. The third kappa shape index (κ3) is 5.30. The normalized spacial score (nSPS) is 12.2. The molecule has 3 N–H and O–H groups in total. The maximum absolute atomic E-state index is 6.27. The van der Waals surface area contributed by atoms with Crippen molar-refractivity contribution in [2.75, 3.05) is 12.4 Å². The standard InChI is InChI=1S/C25H25N7O/c1-16(2)17-12-24(32-29-14-17)31-23-10-9-21-22(30-23)11-18(13-28-21)20(15-27-3)25(26)33-19-7-5-4-6-8-19/h4-16H,26H2,1-3H3,(H,30,31,32). The summed E-state index contributed by atoms with van der Waals surface area (Å²) < 4.78 is 5.82. The molecule has 0 saturated heterocycles. The molecule has 4 rings (SSSR count). The molecule has 8 nitrogen and oxygen atoms in total. The summed E-state index contributed by atoms with van der Waals surface area (Å²) in [5.41, 5.74) is 10.2. The SMILES string of the molecule is CN=CC(=C(N)Oc1ccccc1)c1cnc2ccc(Nc3cc(C(C)C)cnn3)nc2c1. The maximum atomic E-state index is 6.27. The van der Waals surface area contributed by atoms with E-state index in [9.17, 15) is 0 Å². The molecule has 3 aromatic heterocycles. The molecule has 0 saturated carbocycles. The highest BCUT2D eigenvalue weighted by molar-refractivity contribution is 6.11. The van der Waals surface area contributed by atoms with Crippen LogP contribution in [0.1, 0.15) is 30.9 Å². The number of allylic oxidation sites excluding steroid dienone is 1. The number of aliphatic imine (C=N–C) groups is 1. The Morgan fingerprint density at radius 2 is 1.85 bits per heavy atom. The fourth-order valence-corrected chi connectivity index (χ4v) is 3.19. The van der Waals surface area contributed by atoms with Gasteiger partial charge in [-0.2, -0.15) is 5.10 Å². The molecule has 0 amide bonds. The van der Waals surface area contributed by atoms with Crippen LogP contribution in [0.3, 0.4) is 0 Å². The van der Waals surface area contributed by atoms with Gasteiger partial charge in [0.05, 0.1) is 22.8 Å². The van der Waals surface area contributed by atoms with Crippen LogP contribution in [0.2, 0.25) is 0 Å². The van der Waals surface area contributed by atoms with Crippen LogP contribution in [0.5, 0.6) is 5.75 Å². The van der Waals surface area contributed by atoms with Gasteiger partial charge < -0.3 is 15.8 Å². The fraction of sp³-hybridized carbons (Fsp3) is 0.160. The Balaban J connectivity index is 1.67. The summed E-state index contributed by atoms with van der Waals surface area (Å²) in [6.07, 6.45) is 5.15. The monoisotopic (exact) mass is 439 g/mol. The Bertz CT molecular complexity index is 1320. The Morgan fingerprint density at radius 3 is 2.61 bits per heavy atom. The number of ether oxygens (including phenoxy) is 1. The van der Waals surface area contributed by atoms with Gasteiger partial charge in [0.1, 0.15) is 11.6 Å². The van der Waals surface area contributed by atoms with Crippen molar-refractivity contribution in [3.63, 3.8) is 0 Å². The number of anilines is 2. The molecule has 0 atom stereocenters. The van der Waals surface area contributed by atoms with Crippen molar-refractivity contribution in [2.45, 2.75) is 19.8 Å². The Hall–Kier alpha value is -4.33. The van der Waals surface area contributed by atoms with E-state index in [1.54, 1.807) is 25.7 Å². The zero-order valence-corrected chi connectivity index (χ0v) is 18.7. The molecule has 0 bridgehead atoms. The molecule has 3 heterocycles. The molecule has 1 aromatic carbocycles. The molecule has 166 valence electrons. The zero-order chi connectivity index (χ0) is 23.2. The Morgan fingerprint density at radius 1 is 1.03 bits per heavy atom.